The molecule has 1 heterocycles. The van der Waals surface area contributed by atoms with Crippen LogP contribution in [0.25, 0.3) is 5.76 Å². The maximum Gasteiger partial charge on any atom is 0.300 e. The van der Waals surface area contributed by atoms with E-state index >= 15 is 0 Å². The number of carbonyl (C=O) groups excluding carboxylic acids is 2. The van der Waals surface area contributed by atoms with Crippen molar-refractivity contribution in [2.45, 2.75) is 39.8 Å². The number of ketones is 1. The fraction of sp³-hybridized carbons (Fsp3) is 0.241. The van der Waals surface area contributed by atoms with Crippen molar-refractivity contribution in [2.75, 3.05) is 12.0 Å². The molecule has 6 nitrogen and oxygen atoms in total. The van der Waals surface area contributed by atoms with E-state index in [0.717, 1.165) is 11.1 Å². The molecule has 0 saturated carbocycles. The lowest BCUT2D eigenvalue weighted by molar-refractivity contribution is -0.132. The molecule has 3 aromatic carbocycles. The summed E-state index contributed by atoms with van der Waals surface area (Å²) >= 11 is 0. The third-order valence-electron chi connectivity index (χ3n) is 6.04. The van der Waals surface area contributed by atoms with E-state index in [1.165, 1.54) is 4.90 Å². The Morgan fingerprint density at radius 3 is 2.34 bits per heavy atom. The zero-order valence-corrected chi connectivity index (χ0v) is 20.5. The van der Waals surface area contributed by atoms with Gasteiger partial charge < -0.3 is 14.6 Å². The van der Waals surface area contributed by atoms with Crippen molar-refractivity contribution in [1.82, 2.24) is 0 Å². The Bertz CT molecular complexity index is 1320. The molecule has 1 N–H and O–H groups in total. The smallest absolute Gasteiger partial charge is 0.300 e. The second kappa shape index (κ2) is 9.66. The molecule has 1 amide bonds. The van der Waals surface area contributed by atoms with E-state index in [1.807, 2.05) is 52.0 Å². The summed E-state index contributed by atoms with van der Waals surface area (Å²) in [6, 6.07) is 19.0. The number of rotatable bonds is 6. The molecule has 1 fully saturated rings. The Morgan fingerprint density at radius 1 is 0.943 bits per heavy atom. The zero-order valence-electron chi connectivity index (χ0n) is 20.5. The van der Waals surface area contributed by atoms with Crippen LogP contribution in [0, 0.1) is 13.8 Å². The maximum absolute atomic E-state index is 13.4. The van der Waals surface area contributed by atoms with Gasteiger partial charge in [-0.3, -0.25) is 14.5 Å². The van der Waals surface area contributed by atoms with Gasteiger partial charge in [0.15, 0.2) is 0 Å². The van der Waals surface area contributed by atoms with Crippen molar-refractivity contribution >= 4 is 23.1 Å². The lowest BCUT2D eigenvalue weighted by Crippen LogP contribution is -2.30. The van der Waals surface area contributed by atoms with E-state index in [9.17, 15) is 14.7 Å². The number of amides is 1. The summed E-state index contributed by atoms with van der Waals surface area (Å²) in [7, 11) is 1.56. The summed E-state index contributed by atoms with van der Waals surface area (Å²) in [5.74, 6) is -0.375. The van der Waals surface area contributed by atoms with Gasteiger partial charge >= 0.3 is 0 Å². The topological polar surface area (TPSA) is 76.1 Å². The van der Waals surface area contributed by atoms with E-state index in [-0.39, 0.29) is 17.4 Å². The van der Waals surface area contributed by atoms with E-state index in [2.05, 4.69) is 0 Å². The monoisotopic (exact) mass is 471 g/mol. The summed E-state index contributed by atoms with van der Waals surface area (Å²) < 4.78 is 11.2. The van der Waals surface area contributed by atoms with Crippen LogP contribution in [0.2, 0.25) is 0 Å². The first-order valence-electron chi connectivity index (χ1n) is 11.5. The predicted octanol–water partition coefficient (Wildman–Crippen LogP) is 5.73. The molecule has 6 heteroatoms. The zero-order chi connectivity index (χ0) is 25.3. The van der Waals surface area contributed by atoms with Crippen molar-refractivity contribution in [1.29, 1.82) is 0 Å². The predicted molar refractivity (Wildman–Crippen MR) is 136 cm³/mol. The number of para-hydroxylation sites is 1. The van der Waals surface area contributed by atoms with Crippen LogP contribution >= 0.6 is 0 Å². The first-order valence-corrected chi connectivity index (χ1v) is 11.5. The molecule has 3 aromatic rings. The molecule has 1 atom stereocenters. The largest absolute Gasteiger partial charge is 0.507 e. The van der Waals surface area contributed by atoms with E-state index in [4.69, 9.17) is 9.47 Å². The maximum atomic E-state index is 13.4. The normalized spacial score (nSPS) is 17.2. The molecule has 0 aliphatic carbocycles. The molecule has 1 aliphatic rings. The Balaban J connectivity index is 1.92. The second-order valence-corrected chi connectivity index (χ2v) is 8.88. The number of anilines is 1. The van der Waals surface area contributed by atoms with Crippen molar-refractivity contribution in [3.05, 3.63) is 94.6 Å². The number of nitrogens with zero attached hydrogens (tertiary/aromatic N) is 1. The van der Waals surface area contributed by atoms with Gasteiger partial charge in [-0.1, -0.05) is 30.3 Å². The molecule has 0 bridgehead atoms. The van der Waals surface area contributed by atoms with Gasteiger partial charge in [0.05, 0.1) is 24.8 Å². The Morgan fingerprint density at radius 2 is 1.69 bits per heavy atom. The number of Topliss-reactive ketones (excluding diaryl/α,β-unsaturated/α-hetero) is 1. The Labute approximate surface area is 205 Å². The average Bonchev–Trinajstić information content (AvgIpc) is 3.10. The van der Waals surface area contributed by atoms with Gasteiger partial charge in [0.2, 0.25) is 0 Å². The van der Waals surface area contributed by atoms with E-state index in [1.54, 1.807) is 49.6 Å². The van der Waals surface area contributed by atoms with Gasteiger partial charge in [-0.2, -0.15) is 0 Å². The quantitative estimate of drug-likeness (QED) is 0.282. The number of carbonyl (C=O) groups is 2. The number of methoxy groups -OCH3 is 1. The number of aliphatic hydroxyl groups excluding tert-OH is 1. The highest BCUT2D eigenvalue weighted by Gasteiger charge is 2.47. The highest BCUT2D eigenvalue weighted by atomic mass is 16.5. The molecular formula is C29H29NO5. The Kier molecular flexibility index (Phi) is 6.65. The van der Waals surface area contributed by atoms with Crippen LogP contribution in [0.5, 0.6) is 11.5 Å². The molecular weight excluding hydrogens is 442 g/mol. The minimum atomic E-state index is -0.821. The second-order valence-electron chi connectivity index (χ2n) is 8.88. The number of hydrogen-bond donors (Lipinski definition) is 1. The van der Waals surface area contributed by atoms with Crippen LogP contribution < -0.4 is 14.4 Å². The molecule has 4 rings (SSSR count). The minimum absolute atomic E-state index is 0.000597. The molecule has 1 aliphatic heterocycles. The fourth-order valence-corrected chi connectivity index (χ4v) is 4.38. The van der Waals surface area contributed by atoms with Gasteiger partial charge in [0.1, 0.15) is 17.3 Å². The molecule has 1 saturated heterocycles. The number of benzene rings is 3. The van der Waals surface area contributed by atoms with Gasteiger partial charge in [-0.15, -0.1) is 0 Å². The highest BCUT2D eigenvalue weighted by Crippen LogP contribution is 2.43. The van der Waals surface area contributed by atoms with Gasteiger partial charge in [-0.05, 0) is 80.8 Å². The van der Waals surface area contributed by atoms with Crippen molar-refractivity contribution in [3.63, 3.8) is 0 Å². The first-order chi connectivity index (χ1) is 16.7. The molecule has 1 unspecified atom stereocenters. The molecule has 0 radical (unpaired) electrons. The van der Waals surface area contributed by atoms with Crippen LogP contribution in [0.1, 0.15) is 42.1 Å². The third-order valence-corrected chi connectivity index (χ3v) is 6.04. The lowest BCUT2D eigenvalue weighted by Gasteiger charge is -2.27. The standard InChI is InChI=1S/C29H29NO5/c1-17(2)35-24-14-13-21(15-19(24)4)27(31)25-26(20-10-8-11-22(16-20)34-5)30(29(33)28(25)32)23-12-7-6-9-18(23)3/h6-17,26,31H,1-5H3/b27-25+. The molecule has 0 aromatic heterocycles. The van der Waals surface area contributed by atoms with Crippen molar-refractivity contribution in [2.24, 2.45) is 0 Å². The van der Waals surface area contributed by atoms with Crippen LogP contribution in [0.15, 0.2) is 72.3 Å². The summed E-state index contributed by atoms with van der Waals surface area (Å²) in [6.45, 7) is 7.64. The van der Waals surface area contributed by atoms with E-state index < -0.39 is 17.7 Å². The summed E-state index contributed by atoms with van der Waals surface area (Å²) in [5.41, 5.74) is 3.39. The number of ether oxygens (including phenoxy) is 2. The van der Waals surface area contributed by atoms with Crippen LogP contribution in [0.3, 0.4) is 0 Å². The van der Waals surface area contributed by atoms with Crippen LogP contribution in [-0.2, 0) is 9.59 Å². The molecule has 180 valence electrons. The summed E-state index contributed by atoms with van der Waals surface area (Å²) in [6.07, 6.45) is 0.000597. The van der Waals surface area contributed by atoms with Crippen LogP contribution in [0.4, 0.5) is 5.69 Å². The minimum Gasteiger partial charge on any atom is -0.507 e. The fourth-order valence-electron chi connectivity index (χ4n) is 4.38. The third kappa shape index (κ3) is 4.52. The molecule has 0 spiro atoms. The average molecular weight is 472 g/mol. The van der Waals surface area contributed by atoms with Crippen molar-refractivity contribution < 1.29 is 24.2 Å². The lowest BCUT2D eigenvalue weighted by atomic mass is 9.94. The van der Waals surface area contributed by atoms with Gasteiger partial charge in [0.25, 0.3) is 11.7 Å². The Hall–Kier alpha value is -4.06. The van der Waals surface area contributed by atoms with Crippen LogP contribution in [-0.4, -0.2) is 30.0 Å². The number of aryl methyl sites for hydroxylation is 2. The first kappa shape index (κ1) is 24.1. The number of aliphatic hydroxyl groups is 1. The summed E-state index contributed by atoms with van der Waals surface area (Å²) in [4.78, 5) is 28.2. The molecule has 35 heavy (non-hydrogen) atoms. The summed E-state index contributed by atoms with van der Waals surface area (Å²) in [5, 5.41) is 11.4. The van der Waals surface area contributed by atoms with Gasteiger partial charge in [0, 0.05) is 11.3 Å². The van der Waals surface area contributed by atoms with Gasteiger partial charge in [-0.25, -0.2) is 0 Å². The highest BCUT2D eigenvalue weighted by molar-refractivity contribution is 6.51. The number of hydrogen-bond acceptors (Lipinski definition) is 5. The van der Waals surface area contributed by atoms with Crippen molar-refractivity contribution in [3.8, 4) is 11.5 Å². The SMILES string of the molecule is COc1cccc(C2/C(=C(\O)c3ccc(OC(C)C)c(C)c3)C(=O)C(=O)N2c2ccccc2C)c1. The van der Waals surface area contributed by atoms with E-state index in [0.29, 0.717) is 28.3 Å².